The van der Waals surface area contributed by atoms with Crippen molar-refractivity contribution in [3.8, 4) is 5.75 Å². The lowest BCUT2D eigenvalue weighted by atomic mass is 10.0. The van der Waals surface area contributed by atoms with Crippen LogP contribution in [-0.2, 0) is 11.2 Å². The van der Waals surface area contributed by atoms with Crippen molar-refractivity contribution in [2.24, 2.45) is 5.92 Å². The minimum absolute atomic E-state index is 0.0459. The number of carbonyl (C=O) groups is 2. The predicted octanol–water partition coefficient (Wildman–Crippen LogP) is 3.20. The summed E-state index contributed by atoms with van der Waals surface area (Å²) in [6.45, 7) is 0. The van der Waals surface area contributed by atoms with E-state index in [-0.39, 0.29) is 23.9 Å². The fourth-order valence-corrected chi connectivity index (χ4v) is 2.99. The molecule has 0 radical (unpaired) electrons. The number of ether oxygens (including phenoxy) is 1. The molecule has 1 fully saturated rings. The first-order valence-electron chi connectivity index (χ1n) is 8.33. The van der Waals surface area contributed by atoms with Gasteiger partial charge in [0.2, 0.25) is 5.91 Å². The van der Waals surface area contributed by atoms with Gasteiger partial charge in [0.25, 0.3) is 0 Å². The van der Waals surface area contributed by atoms with Crippen molar-refractivity contribution in [1.29, 1.82) is 0 Å². The van der Waals surface area contributed by atoms with Crippen molar-refractivity contribution < 1.29 is 19.4 Å². The van der Waals surface area contributed by atoms with Crippen LogP contribution in [0.5, 0.6) is 5.75 Å². The molecular weight excluding hydrogens is 318 g/mol. The van der Waals surface area contributed by atoms with Crippen molar-refractivity contribution in [2.75, 3.05) is 7.11 Å². The van der Waals surface area contributed by atoms with E-state index in [9.17, 15) is 14.7 Å². The van der Waals surface area contributed by atoms with Gasteiger partial charge in [-0.1, -0.05) is 30.3 Å². The lowest BCUT2D eigenvalue weighted by Gasteiger charge is -2.19. The highest BCUT2D eigenvalue weighted by molar-refractivity contribution is 5.91. The summed E-state index contributed by atoms with van der Waals surface area (Å²) in [6, 6.07) is 14.3. The molecule has 0 spiro atoms. The maximum absolute atomic E-state index is 12.5. The Labute approximate surface area is 146 Å². The Bertz CT molecular complexity index is 766. The first kappa shape index (κ1) is 17.0. The van der Waals surface area contributed by atoms with Gasteiger partial charge in [0.1, 0.15) is 5.75 Å². The third-order valence-corrected chi connectivity index (χ3v) is 4.48. The average molecular weight is 339 g/mol. The zero-order chi connectivity index (χ0) is 17.8. The Morgan fingerprint density at radius 2 is 1.84 bits per heavy atom. The van der Waals surface area contributed by atoms with Gasteiger partial charge in [0, 0.05) is 0 Å². The zero-order valence-corrected chi connectivity index (χ0v) is 14.1. The number of carboxylic acid groups (broad SMARTS) is 1. The van der Waals surface area contributed by atoms with E-state index in [1.165, 1.54) is 6.07 Å². The van der Waals surface area contributed by atoms with Gasteiger partial charge in [-0.25, -0.2) is 4.79 Å². The van der Waals surface area contributed by atoms with Gasteiger partial charge in [-0.05, 0) is 48.1 Å². The van der Waals surface area contributed by atoms with Crippen LogP contribution in [0.4, 0.5) is 0 Å². The molecule has 1 aliphatic rings. The van der Waals surface area contributed by atoms with Crippen LogP contribution in [0.25, 0.3) is 0 Å². The van der Waals surface area contributed by atoms with E-state index in [2.05, 4.69) is 5.32 Å². The number of aromatic carboxylic acids is 1. The van der Waals surface area contributed by atoms with Crippen molar-refractivity contribution in [2.45, 2.75) is 25.3 Å². The number of methoxy groups -OCH3 is 1. The number of amides is 1. The second-order valence-corrected chi connectivity index (χ2v) is 6.29. The number of carboxylic acids is 1. The Morgan fingerprint density at radius 1 is 1.16 bits per heavy atom. The lowest BCUT2D eigenvalue weighted by Crippen LogP contribution is -2.31. The summed E-state index contributed by atoms with van der Waals surface area (Å²) < 4.78 is 5.18. The van der Waals surface area contributed by atoms with Gasteiger partial charge in [-0.2, -0.15) is 0 Å². The highest BCUT2D eigenvalue weighted by atomic mass is 16.5. The highest BCUT2D eigenvalue weighted by Crippen LogP contribution is 2.41. The Morgan fingerprint density at radius 3 is 2.44 bits per heavy atom. The topological polar surface area (TPSA) is 75.6 Å². The lowest BCUT2D eigenvalue weighted by molar-refractivity contribution is -0.121. The summed E-state index contributed by atoms with van der Waals surface area (Å²) in [7, 11) is 1.62. The molecule has 25 heavy (non-hydrogen) atoms. The molecule has 5 heteroatoms. The number of carbonyl (C=O) groups excluding carboxylic acids is 1. The van der Waals surface area contributed by atoms with Crippen LogP contribution >= 0.6 is 0 Å². The van der Waals surface area contributed by atoms with Gasteiger partial charge in [0.15, 0.2) is 0 Å². The molecule has 0 aliphatic heterocycles. The zero-order valence-electron chi connectivity index (χ0n) is 14.1. The van der Waals surface area contributed by atoms with Crippen LogP contribution in [0.1, 0.15) is 40.4 Å². The van der Waals surface area contributed by atoms with Crippen molar-refractivity contribution in [3.05, 3.63) is 65.2 Å². The summed E-state index contributed by atoms with van der Waals surface area (Å²) in [4.78, 5) is 23.8. The molecule has 1 amide bonds. The van der Waals surface area contributed by atoms with E-state index in [0.29, 0.717) is 11.5 Å². The van der Waals surface area contributed by atoms with Crippen molar-refractivity contribution in [1.82, 2.24) is 5.32 Å². The molecule has 130 valence electrons. The van der Waals surface area contributed by atoms with Crippen LogP contribution in [0, 0.1) is 5.92 Å². The molecule has 0 aromatic heterocycles. The molecule has 3 rings (SSSR count). The molecule has 1 unspecified atom stereocenters. The normalized spacial score (nSPS) is 14.6. The third kappa shape index (κ3) is 4.18. The summed E-state index contributed by atoms with van der Waals surface area (Å²) in [5, 5.41) is 12.3. The maximum atomic E-state index is 12.5. The number of hydrogen-bond acceptors (Lipinski definition) is 3. The van der Waals surface area contributed by atoms with Crippen molar-refractivity contribution >= 4 is 11.9 Å². The van der Waals surface area contributed by atoms with Crippen LogP contribution in [0.2, 0.25) is 0 Å². The fourth-order valence-electron chi connectivity index (χ4n) is 2.99. The third-order valence-electron chi connectivity index (χ3n) is 4.48. The molecule has 1 atom stereocenters. The van der Waals surface area contributed by atoms with E-state index < -0.39 is 5.97 Å². The van der Waals surface area contributed by atoms with E-state index in [4.69, 9.17) is 4.74 Å². The Hall–Kier alpha value is -2.82. The minimum Gasteiger partial charge on any atom is -0.497 e. The first-order chi connectivity index (χ1) is 12.1. The highest BCUT2D eigenvalue weighted by Gasteiger charge is 2.33. The number of nitrogens with one attached hydrogen (secondary N) is 1. The van der Waals surface area contributed by atoms with Crippen LogP contribution < -0.4 is 10.1 Å². The minimum atomic E-state index is -1.02. The van der Waals surface area contributed by atoms with Gasteiger partial charge >= 0.3 is 5.97 Å². The molecule has 1 aliphatic carbocycles. The first-order valence-corrected chi connectivity index (χ1v) is 8.33. The smallest absolute Gasteiger partial charge is 0.335 e. The summed E-state index contributed by atoms with van der Waals surface area (Å²) in [5.41, 5.74) is 1.74. The maximum Gasteiger partial charge on any atom is 0.335 e. The second-order valence-electron chi connectivity index (χ2n) is 6.29. The molecule has 2 aromatic rings. The molecule has 0 saturated heterocycles. The van der Waals surface area contributed by atoms with Gasteiger partial charge in [-0.15, -0.1) is 0 Å². The molecule has 5 nitrogen and oxygen atoms in total. The second kappa shape index (κ2) is 7.38. The van der Waals surface area contributed by atoms with E-state index in [1.54, 1.807) is 25.3 Å². The molecule has 0 heterocycles. The Kier molecular flexibility index (Phi) is 5.03. The van der Waals surface area contributed by atoms with Crippen molar-refractivity contribution in [3.63, 3.8) is 0 Å². The van der Waals surface area contributed by atoms with Gasteiger partial charge < -0.3 is 15.2 Å². The van der Waals surface area contributed by atoms with E-state index in [1.807, 2.05) is 24.3 Å². The largest absolute Gasteiger partial charge is 0.497 e. The number of hydrogen-bond donors (Lipinski definition) is 2. The van der Waals surface area contributed by atoms with E-state index >= 15 is 0 Å². The van der Waals surface area contributed by atoms with Gasteiger partial charge in [-0.3, -0.25) is 4.79 Å². The molecule has 2 N–H and O–H groups in total. The Balaban J connectivity index is 1.72. The monoisotopic (exact) mass is 339 g/mol. The summed E-state index contributed by atoms with van der Waals surface area (Å²) in [6.07, 6.45) is 2.23. The quantitative estimate of drug-likeness (QED) is 0.812. The molecular formula is C20H21NO4. The SMILES string of the molecule is COc1ccc(C(NC(=O)Cc2ccccc2C(=O)O)C2CC2)cc1. The summed E-state index contributed by atoms with van der Waals surface area (Å²) >= 11 is 0. The van der Waals surface area contributed by atoms with Crippen LogP contribution in [-0.4, -0.2) is 24.1 Å². The molecule has 2 aromatic carbocycles. The van der Waals surface area contributed by atoms with E-state index in [0.717, 1.165) is 24.2 Å². The standard InChI is InChI=1S/C20H21NO4/c1-25-16-10-8-14(9-11-16)19(13-6-7-13)21-18(22)12-15-4-2-3-5-17(15)20(23)24/h2-5,8-11,13,19H,6-7,12H2,1H3,(H,21,22)(H,23,24). The summed E-state index contributed by atoms with van der Waals surface area (Å²) in [5.74, 6) is 0.0331. The van der Waals surface area contributed by atoms with Crippen LogP contribution in [0.3, 0.4) is 0 Å². The average Bonchev–Trinajstić information content (AvgIpc) is 3.45. The predicted molar refractivity (Wildman–Crippen MR) is 93.7 cm³/mol. The molecule has 1 saturated carbocycles. The van der Waals surface area contributed by atoms with Gasteiger partial charge in [0.05, 0.1) is 25.1 Å². The van der Waals surface area contributed by atoms with Crippen LogP contribution in [0.15, 0.2) is 48.5 Å². The molecule has 0 bridgehead atoms. The fraction of sp³-hybridized carbons (Fsp3) is 0.300. The number of rotatable bonds is 7. The number of benzene rings is 2.